The fraction of sp³-hybridized carbons (Fsp3) is 0.167. The van der Waals surface area contributed by atoms with E-state index in [0.717, 1.165) is 5.56 Å². The maximum Gasteiger partial charge on any atom is 0.266 e. The number of thioether (sulfide) groups is 1. The standard InChI is InChI=1S/C12H10N2O3S2/c15-10(16)3-5-14-11(17)9(19-12(14)18)6-8-2-1-4-13-7-8/h1-2,4,6-7H,3,5H2,(H,15,16). The van der Waals surface area contributed by atoms with Crippen molar-refractivity contribution in [3.63, 3.8) is 0 Å². The molecule has 1 fully saturated rings. The summed E-state index contributed by atoms with van der Waals surface area (Å²) in [4.78, 5) is 27.2. The predicted octanol–water partition coefficient (Wildman–Crippen LogP) is -0.158. The molecule has 2 heterocycles. The van der Waals surface area contributed by atoms with E-state index in [0.29, 0.717) is 9.23 Å². The number of carboxylic acid groups (broad SMARTS) is 1. The smallest absolute Gasteiger partial charge is 0.266 e. The molecule has 0 unspecified atom stereocenters. The second-order valence-electron chi connectivity index (χ2n) is 3.79. The minimum Gasteiger partial charge on any atom is -0.550 e. The van der Waals surface area contributed by atoms with Crippen LogP contribution in [0.3, 0.4) is 0 Å². The van der Waals surface area contributed by atoms with Crippen LogP contribution in [0.25, 0.3) is 6.08 Å². The Labute approximate surface area is 119 Å². The van der Waals surface area contributed by atoms with Crippen molar-refractivity contribution in [2.24, 2.45) is 0 Å². The lowest BCUT2D eigenvalue weighted by Gasteiger charge is -2.14. The van der Waals surface area contributed by atoms with Crippen LogP contribution in [-0.2, 0) is 9.59 Å². The summed E-state index contributed by atoms with van der Waals surface area (Å²) >= 11 is 6.24. The lowest BCUT2D eigenvalue weighted by Crippen LogP contribution is -2.33. The summed E-state index contributed by atoms with van der Waals surface area (Å²) in [5.41, 5.74) is 0.850. The molecule has 0 aliphatic carbocycles. The molecule has 1 aliphatic heterocycles. The average Bonchev–Trinajstić information content (AvgIpc) is 2.63. The molecule has 0 saturated carbocycles. The largest absolute Gasteiger partial charge is 0.550 e. The summed E-state index contributed by atoms with van der Waals surface area (Å²) in [6, 6.07) is 3.67. The number of nitrogens with zero attached hydrogens (tertiary/aromatic N) is 1. The highest BCUT2D eigenvalue weighted by Gasteiger charge is 2.31. The van der Waals surface area contributed by atoms with Crippen molar-refractivity contribution in [3.05, 3.63) is 35.0 Å². The Bertz CT molecular complexity index is 557. The van der Waals surface area contributed by atoms with Gasteiger partial charge >= 0.3 is 0 Å². The molecule has 1 aliphatic rings. The van der Waals surface area contributed by atoms with E-state index in [9.17, 15) is 14.7 Å². The zero-order valence-electron chi connectivity index (χ0n) is 9.79. The summed E-state index contributed by atoms with van der Waals surface area (Å²) in [5.74, 6) is -1.46. The Morgan fingerprint density at radius 3 is 3.00 bits per heavy atom. The van der Waals surface area contributed by atoms with Crippen LogP contribution < -0.4 is 10.1 Å². The highest BCUT2D eigenvalue weighted by molar-refractivity contribution is 8.26. The lowest BCUT2D eigenvalue weighted by atomic mass is 10.2. The second kappa shape index (κ2) is 5.94. The Morgan fingerprint density at radius 1 is 1.58 bits per heavy atom. The summed E-state index contributed by atoms with van der Waals surface area (Å²) < 4.78 is 0.373. The monoisotopic (exact) mass is 294 g/mol. The first-order valence-corrected chi connectivity index (χ1v) is 6.72. The lowest BCUT2D eigenvalue weighted by molar-refractivity contribution is -0.378. The van der Waals surface area contributed by atoms with E-state index in [1.165, 1.54) is 16.7 Å². The molecule has 1 aromatic rings. The second-order valence-corrected chi connectivity index (χ2v) is 5.47. The zero-order valence-corrected chi connectivity index (χ0v) is 11.4. The van der Waals surface area contributed by atoms with E-state index in [4.69, 9.17) is 12.2 Å². The number of rotatable bonds is 4. The van der Waals surface area contributed by atoms with Gasteiger partial charge in [0.25, 0.3) is 5.91 Å². The van der Waals surface area contributed by atoms with Gasteiger partial charge in [0, 0.05) is 30.6 Å². The van der Waals surface area contributed by atoms with Gasteiger partial charge in [0.15, 0.2) is 12.4 Å². The molecular formula is C12H10N2O3S2. The molecule has 0 bridgehead atoms. The topological polar surface area (TPSA) is 74.6 Å². The van der Waals surface area contributed by atoms with Gasteiger partial charge in [0.2, 0.25) is 0 Å². The average molecular weight is 294 g/mol. The van der Waals surface area contributed by atoms with Gasteiger partial charge in [-0.05, 0) is 12.1 Å². The molecule has 19 heavy (non-hydrogen) atoms. The molecule has 7 heteroatoms. The molecule has 1 saturated heterocycles. The van der Waals surface area contributed by atoms with Crippen LogP contribution in [0.4, 0.5) is 0 Å². The number of pyridine rings is 1. The van der Waals surface area contributed by atoms with Crippen molar-refractivity contribution in [2.75, 3.05) is 6.54 Å². The summed E-state index contributed by atoms with van der Waals surface area (Å²) in [5, 5.41) is 10.4. The van der Waals surface area contributed by atoms with Crippen molar-refractivity contribution >= 4 is 46.3 Å². The zero-order chi connectivity index (χ0) is 13.8. The Balaban J connectivity index is 2.14. The van der Waals surface area contributed by atoms with Gasteiger partial charge in [-0.2, -0.15) is 0 Å². The minimum absolute atomic E-state index is 0.0469. The van der Waals surface area contributed by atoms with Gasteiger partial charge in [-0.1, -0.05) is 24.0 Å². The number of aromatic amines is 1. The first kappa shape index (κ1) is 13.7. The van der Waals surface area contributed by atoms with Gasteiger partial charge in [-0.25, -0.2) is 4.98 Å². The highest BCUT2D eigenvalue weighted by Crippen LogP contribution is 2.32. The maximum absolute atomic E-state index is 12.1. The van der Waals surface area contributed by atoms with Crippen LogP contribution in [0.5, 0.6) is 0 Å². The predicted molar refractivity (Wildman–Crippen MR) is 72.5 cm³/mol. The van der Waals surface area contributed by atoms with Crippen LogP contribution in [0.2, 0.25) is 0 Å². The molecule has 5 nitrogen and oxygen atoms in total. The molecular weight excluding hydrogens is 284 g/mol. The van der Waals surface area contributed by atoms with Crippen LogP contribution >= 0.6 is 24.0 Å². The number of nitrogens with one attached hydrogen (secondary N) is 1. The summed E-state index contributed by atoms with van der Waals surface area (Å²) in [6.07, 6.45) is 5.02. The number of amides is 1. The third-order valence-electron chi connectivity index (χ3n) is 2.44. The van der Waals surface area contributed by atoms with E-state index < -0.39 is 5.97 Å². The van der Waals surface area contributed by atoms with E-state index in [1.54, 1.807) is 18.5 Å². The molecule has 1 aromatic heterocycles. The number of carboxylic acids is 1. The molecule has 0 spiro atoms. The Morgan fingerprint density at radius 2 is 2.37 bits per heavy atom. The molecule has 98 valence electrons. The van der Waals surface area contributed by atoms with Gasteiger partial charge < -0.3 is 9.90 Å². The first-order valence-electron chi connectivity index (χ1n) is 5.49. The fourth-order valence-electron chi connectivity index (χ4n) is 1.54. The molecule has 0 aromatic carbocycles. The van der Waals surface area contributed by atoms with Crippen LogP contribution in [0.1, 0.15) is 12.0 Å². The van der Waals surface area contributed by atoms with Crippen molar-refractivity contribution in [1.82, 2.24) is 4.90 Å². The number of aromatic nitrogens is 1. The Kier molecular flexibility index (Phi) is 4.28. The number of thiocarbonyl (C=S) groups is 1. The number of aliphatic carboxylic acids is 1. The number of carbonyl (C=O) groups excluding carboxylic acids is 2. The summed E-state index contributed by atoms with van der Waals surface area (Å²) in [6.45, 7) is 0.0469. The molecule has 0 atom stereocenters. The SMILES string of the molecule is O=C([O-])CCN1C(=O)C(=Cc2ccc[nH+]c2)SC1=S. The van der Waals surface area contributed by atoms with E-state index in [2.05, 4.69) is 4.98 Å². The third kappa shape index (κ3) is 3.39. The van der Waals surface area contributed by atoms with Crippen molar-refractivity contribution in [3.8, 4) is 0 Å². The van der Waals surface area contributed by atoms with Crippen molar-refractivity contribution in [2.45, 2.75) is 6.42 Å². The highest BCUT2D eigenvalue weighted by atomic mass is 32.2. The van der Waals surface area contributed by atoms with Gasteiger partial charge in [0.05, 0.1) is 4.91 Å². The molecule has 1 N–H and O–H groups in total. The molecule has 1 amide bonds. The van der Waals surface area contributed by atoms with Crippen molar-refractivity contribution < 1.29 is 19.7 Å². The third-order valence-corrected chi connectivity index (χ3v) is 3.82. The Hall–Kier alpha value is -1.73. The summed E-state index contributed by atoms with van der Waals surface area (Å²) in [7, 11) is 0. The van der Waals surface area contributed by atoms with Gasteiger partial charge in [0.1, 0.15) is 4.32 Å². The van der Waals surface area contributed by atoms with E-state index in [-0.39, 0.29) is 18.9 Å². The number of hydrogen-bond acceptors (Lipinski definition) is 5. The minimum atomic E-state index is -1.20. The van der Waals surface area contributed by atoms with E-state index >= 15 is 0 Å². The number of H-pyrrole nitrogens is 1. The fourth-order valence-corrected chi connectivity index (χ4v) is 2.85. The first-order chi connectivity index (χ1) is 9.08. The number of hydrogen-bond donors (Lipinski definition) is 0. The van der Waals surface area contributed by atoms with Gasteiger partial charge in [-0.3, -0.25) is 9.69 Å². The quantitative estimate of drug-likeness (QED) is 0.570. The molecule has 0 radical (unpaired) electrons. The van der Waals surface area contributed by atoms with Crippen LogP contribution in [0.15, 0.2) is 29.4 Å². The maximum atomic E-state index is 12.1. The van der Waals surface area contributed by atoms with Crippen molar-refractivity contribution in [1.29, 1.82) is 0 Å². The van der Waals surface area contributed by atoms with E-state index in [1.807, 2.05) is 12.1 Å². The molecule has 2 rings (SSSR count). The van der Waals surface area contributed by atoms with Crippen LogP contribution in [-0.4, -0.2) is 27.6 Å². The van der Waals surface area contributed by atoms with Crippen LogP contribution in [0, 0.1) is 0 Å². The van der Waals surface area contributed by atoms with Gasteiger partial charge in [-0.15, -0.1) is 0 Å². The normalized spacial score (nSPS) is 17.3. The number of carbonyl (C=O) groups is 2.